The maximum Gasteiger partial charge on any atom is 0.152 e. The average Bonchev–Trinajstić information content (AvgIpc) is 3.88. The van der Waals surface area contributed by atoms with E-state index < -0.39 is 0 Å². The molecule has 0 aliphatic heterocycles. The maximum atomic E-state index is 12.5. The van der Waals surface area contributed by atoms with Crippen LogP contribution in [0, 0.1) is 6.07 Å². The van der Waals surface area contributed by atoms with Gasteiger partial charge in [-0.1, -0.05) is 186 Å². The quantitative estimate of drug-likeness (QED) is 0.169. The summed E-state index contributed by atoms with van der Waals surface area (Å²) >= 11 is 0. The van der Waals surface area contributed by atoms with Crippen LogP contribution in [-0.4, -0.2) is 19.6 Å². The summed E-state index contributed by atoms with van der Waals surface area (Å²) in [6.45, 7) is 13.1. The Morgan fingerprint density at radius 3 is 1.91 bits per heavy atom. The molecule has 0 saturated carbocycles. The van der Waals surface area contributed by atoms with Crippen LogP contribution in [0.4, 0.5) is 0 Å². The topological polar surface area (TPSA) is 64.1 Å². The van der Waals surface area contributed by atoms with Crippen molar-refractivity contribution in [2.45, 2.75) is 52.4 Å². The number of imidazole rings is 1. The van der Waals surface area contributed by atoms with Crippen LogP contribution in [0.3, 0.4) is 0 Å². The number of pyridine rings is 1. The third kappa shape index (κ3) is 7.52. The summed E-state index contributed by atoms with van der Waals surface area (Å²) in [5, 5.41) is 16.8. The second-order valence-corrected chi connectivity index (χ2v) is 19.2. The molecule has 3 heterocycles. The van der Waals surface area contributed by atoms with Crippen LogP contribution in [0.2, 0.25) is 0 Å². The summed E-state index contributed by atoms with van der Waals surface area (Å²) in [6, 6.07) is 63.1. The van der Waals surface area contributed by atoms with Gasteiger partial charge in [0.1, 0.15) is 17.2 Å². The van der Waals surface area contributed by atoms with Crippen molar-refractivity contribution >= 4 is 43.7 Å². The zero-order chi connectivity index (χ0) is 44.6. The molecule has 0 radical (unpaired) electrons. The molecule has 11 rings (SSSR count). The van der Waals surface area contributed by atoms with Crippen LogP contribution in [0.5, 0.6) is 5.75 Å². The number of rotatable bonds is 6. The molecule has 6 heteroatoms. The molecule has 0 atom stereocenters. The Hall–Kier alpha value is -7.07. The van der Waals surface area contributed by atoms with Crippen molar-refractivity contribution in [2.24, 2.45) is 0 Å². The van der Waals surface area contributed by atoms with Gasteiger partial charge in [-0.15, -0.1) is 23.8 Å². The van der Waals surface area contributed by atoms with Crippen molar-refractivity contribution in [1.29, 1.82) is 0 Å². The minimum absolute atomic E-state index is 0. The summed E-state index contributed by atoms with van der Waals surface area (Å²) in [5.41, 5.74) is 14.1. The van der Waals surface area contributed by atoms with Gasteiger partial charge in [0.25, 0.3) is 0 Å². The van der Waals surface area contributed by atoms with Crippen molar-refractivity contribution in [1.82, 2.24) is 14.5 Å². The summed E-state index contributed by atoms with van der Waals surface area (Å²) < 4.78 is 8.60. The Morgan fingerprint density at radius 2 is 1.18 bits per heavy atom. The number of para-hydroxylation sites is 2. The van der Waals surface area contributed by atoms with E-state index in [2.05, 4.69) is 210 Å². The van der Waals surface area contributed by atoms with E-state index in [1.54, 1.807) is 0 Å². The van der Waals surface area contributed by atoms with Crippen molar-refractivity contribution in [3.63, 3.8) is 0 Å². The Kier molecular flexibility index (Phi) is 10.7. The molecular weight excluding hydrogens is 990 g/mol. The predicted molar refractivity (Wildman–Crippen MR) is 269 cm³/mol. The number of fused-ring (bicyclic) bond motifs is 5. The van der Waals surface area contributed by atoms with E-state index in [1.807, 2.05) is 18.3 Å². The molecule has 3 aromatic heterocycles. The van der Waals surface area contributed by atoms with Gasteiger partial charge in [0.2, 0.25) is 0 Å². The van der Waals surface area contributed by atoms with Crippen LogP contribution in [0.15, 0.2) is 180 Å². The summed E-state index contributed by atoms with van der Waals surface area (Å²) in [6.07, 6.45) is 1.83. The SMILES string of the molecule is CC(C)(C)c1cc(-c2nc3c(-c4[c-]c(-c5cc6c(cn5)oc5cc7ccccc7cc56)cc(-c5ccccc5)c4)cccc3n2-c2ccccc2-c2ccccc2)c(O)c(C(C)(C)C)c1.[Pt]. The Balaban J connectivity index is 0.00000511. The number of furan rings is 1. The number of nitrogens with zero attached hydrogens (tertiary/aromatic N) is 3. The first kappa shape index (κ1) is 42.9. The molecule has 0 spiro atoms. The van der Waals surface area contributed by atoms with Crippen molar-refractivity contribution in [3.8, 4) is 67.5 Å². The van der Waals surface area contributed by atoms with E-state index in [0.717, 1.165) is 105 Å². The smallest absolute Gasteiger partial charge is 0.152 e. The number of hydrogen-bond donors (Lipinski definition) is 1. The van der Waals surface area contributed by atoms with Crippen LogP contribution in [0.25, 0.3) is 105 Å². The van der Waals surface area contributed by atoms with Gasteiger partial charge < -0.3 is 9.52 Å². The minimum Gasteiger partial charge on any atom is -0.507 e. The Bertz CT molecular complexity index is 3630. The third-order valence-corrected chi connectivity index (χ3v) is 12.7. The standard InChI is InChI=1S/C60H48N3O2.Pt/c1-59(2,3)44-33-49(57(64)50(34-44)60(4,5)6)58-62-56-46(25-17-27-53(56)63(58)52-26-16-15-24-45(52)38-20-11-8-12-21-38)42-28-41(37-18-9-7-10-19-37)29-43(30-42)51-35-48-47-31-39-22-13-14-23-40(39)32-54(47)65-55(48)36-61-51;/h7-29,31-36,64H,1-6H3;/q-1;. The van der Waals surface area contributed by atoms with Crippen LogP contribution < -0.4 is 0 Å². The van der Waals surface area contributed by atoms with Gasteiger partial charge in [-0.05, 0) is 68.6 Å². The second kappa shape index (κ2) is 16.4. The molecule has 5 nitrogen and oxygen atoms in total. The first-order chi connectivity index (χ1) is 31.4. The molecule has 0 aliphatic carbocycles. The molecule has 1 N–H and O–H groups in total. The van der Waals surface area contributed by atoms with Crippen LogP contribution in [-0.2, 0) is 31.9 Å². The molecule has 326 valence electrons. The minimum atomic E-state index is -0.332. The fourth-order valence-corrected chi connectivity index (χ4v) is 9.25. The van der Waals surface area contributed by atoms with E-state index in [0.29, 0.717) is 11.4 Å². The molecule has 11 aromatic rings. The molecule has 8 aromatic carbocycles. The van der Waals surface area contributed by atoms with Crippen LogP contribution in [0.1, 0.15) is 52.7 Å². The van der Waals surface area contributed by atoms with Crippen molar-refractivity contribution in [3.05, 3.63) is 193 Å². The van der Waals surface area contributed by atoms with Gasteiger partial charge in [0, 0.05) is 48.7 Å². The number of phenols is 1. The number of aromatic nitrogens is 3. The van der Waals surface area contributed by atoms with E-state index in [-0.39, 0.29) is 37.6 Å². The molecule has 0 saturated heterocycles. The van der Waals surface area contributed by atoms with Gasteiger partial charge in [-0.3, -0.25) is 9.55 Å². The van der Waals surface area contributed by atoms with E-state index in [4.69, 9.17) is 14.4 Å². The largest absolute Gasteiger partial charge is 0.507 e. The number of benzene rings is 8. The zero-order valence-electron chi connectivity index (χ0n) is 37.8. The first-order valence-electron chi connectivity index (χ1n) is 22.3. The third-order valence-electron chi connectivity index (χ3n) is 12.7. The van der Waals surface area contributed by atoms with Crippen LogP contribution >= 0.6 is 0 Å². The molecule has 66 heavy (non-hydrogen) atoms. The number of aromatic hydroxyl groups is 1. The van der Waals surface area contributed by atoms with Gasteiger partial charge in [0.15, 0.2) is 5.58 Å². The fourth-order valence-electron chi connectivity index (χ4n) is 9.25. The molecule has 0 unspecified atom stereocenters. The van der Waals surface area contributed by atoms with Crippen molar-refractivity contribution < 1.29 is 30.6 Å². The second-order valence-electron chi connectivity index (χ2n) is 19.2. The predicted octanol–water partition coefficient (Wildman–Crippen LogP) is 15.9. The fraction of sp³-hybridized carbons (Fsp3) is 0.133. The molecule has 0 amide bonds. The summed E-state index contributed by atoms with van der Waals surface area (Å²) in [5.74, 6) is 0.901. The van der Waals surface area contributed by atoms with E-state index in [1.165, 1.54) is 0 Å². The number of phenolic OH excluding ortho intramolecular Hbond substituents is 1. The first-order valence-corrected chi connectivity index (χ1v) is 22.3. The molecule has 0 aliphatic rings. The Morgan fingerprint density at radius 1 is 0.545 bits per heavy atom. The summed E-state index contributed by atoms with van der Waals surface area (Å²) in [7, 11) is 0. The average molecular weight is 1040 g/mol. The normalized spacial score (nSPS) is 12.0. The zero-order valence-corrected chi connectivity index (χ0v) is 40.0. The molecule has 0 fully saturated rings. The molecule has 0 bridgehead atoms. The monoisotopic (exact) mass is 1040 g/mol. The van der Waals surface area contributed by atoms with E-state index >= 15 is 0 Å². The van der Waals surface area contributed by atoms with Crippen molar-refractivity contribution in [2.75, 3.05) is 0 Å². The number of hydrogen-bond acceptors (Lipinski definition) is 4. The molecular formula is C60H48N3O2Pt-. The maximum absolute atomic E-state index is 12.5. The van der Waals surface area contributed by atoms with Gasteiger partial charge in [-0.25, -0.2) is 4.98 Å². The van der Waals surface area contributed by atoms with Gasteiger partial charge in [0.05, 0.1) is 28.5 Å². The summed E-state index contributed by atoms with van der Waals surface area (Å²) in [4.78, 5) is 10.6. The van der Waals surface area contributed by atoms with Gasteiger partial charge >= 0.3 is 0 Å². The van der Waals surface area contributed by atoms with Gasteiger partial charge in [-0.2, -0.15) is 0 Å². The Labute approximate surface area is 399 Å². The van der Waals surface area contributed by atoms with E-state index in [9.17, 15) is 5.11 Å².